The van der Waals surface area contributed by atoms with Gasteiger partial charge in [0.2, 0.25) is 5.91 Å². The third kappa shape index (κ3) is 7.71. The van der Waals surface area contributed by atoms with Gasteiger partial charge in [-0.05, 0) is 62.4 Å². The molecule has 5 heteroatoms. The minimum Gasteiger partial charge on any atom is -0.494 e. The molecule has 0 bridgehead atoms. The summed E-state index contributed by atoms with van der Waals surface area (Å²) in [5.74, 6) is 1.76. The molecule has 23 heavy (non-hydrogen) atoms. The number of hydrogen-bond acceptors (Lipinski definition) is 3. The lowest BCUT2D eigenvalue weighted by molar-refractivity contribution is -0.121. The summed E-state index contributed by atoms with van der Waals surface area (Å²) in [7, 11) is 0. The van der Waals surface area contributed by atoms with E-state index < -0.39 is 0 Å². The Hall–Kier alpha value is -1.26. The highest BCUT2D eigenvalue weighted by atomic mass is 35.5. The minimum absolute atomic E-state index is 0. The molecule has 1 fully saturated rings. The molecule has 0 saturated carbocycles. The van der Waals surface area contributed by atoms with Crippen LogP contribution < -0.4 is 15.4 Å². The molecule has 1 aromatic carbocycles. The summed E-state index contributed by atoms with van der Waals surface area (Å²) in [4.78, 5) is 11.9. The monoisotopic (exact) mass is 340 g/mol. The Balaban J connectivity index is 0.00000264. The minimum atomic E-state index is 0. The highest BCUT2D eigenvalue weighted by molar-refractivity contribution is 5.85. The number of nitrogens with one attached hydrogen (secondary N) is 2. The normalized spacial score (nSPS) is 14.8. The SMILES string of the molecule is CCCOc1ccc(CNC(=O)CCC2CCNCC2)cc1.Cl. The number of piperidine rings is 1. The molecule has 1 heterocycles. The summed E-state index contributed by atoms with van der Waals surface area (Å²) in [5.41, 5.74) is 1.11. The van der Waals surface area contributed by atoms with Crippen molar-refractivity contribution in [2.24, 2.45) is 5.92 Å². The second-order valence-electron chi connectivity index (χ2n) is 6.00. The van der Waals surface area contributed by atoms with Gasteiger partial charge < -0.3 is 15.4 Å². The largest absolute Gasteiger partial charge is 0.494 e. The van der Waals surface area contributed by atoms with Crippen molar-refractivity contribution < 1.29 is 9.53 Å². The molecule has 1 aliphatic rings. The van der Waals surface area contributed by atoms with Gasteiger partial charge in [0.1, 0.15) is 5.75 Å². The van der Waals surface area contributed by atoms with E-state index in [1.165, 1.54) is 12.8 Å². The van der Waals surface area contributed by atoms with Crippen molar-refractivity contribution in [2.45, 2.75) is 45.6 Å². The molecule has 0 unspecified atom stereocenters. The lowest BCUT2D eigenvalue weighted by atomic mass is 9.93. The van der Waals surface area contributed by atoms with E-state index >= 15 is 0 Å². The lowest BCUT2D eigenvalue weighted by Gasteiger charge is -2.22. The zero-order chi connectivity index (χ0) is 15.6. The highest BCUT2D eigenvalue weighted by Crippen LogP contribution is 2.17. The van der Waals surface area contributed by atoms with Crippen LogP contribution in [0.5, 0.6) is 5.75 Å². The molecule has 1 aliphatic heterocycles. The van der Waals surface area contributed by atoms with Gasteiger partial charge in [-0.2, -0.15) is 0 Å². The van der Waals surface area contributed by atoms with Crippen molar-refractivity contribution >= 4 is 18.3 Å². The number of ether oxygens (including phenoxy) is 1. The van der Waals surface area contributed by atoms with Crippen LogP contribution in [0.2, 0.25) is 0 Å². The van der Waals surface area contributed by atoms with E-state index in [9.17, 15) is 4.79 Å². The third-order valence-electron chi connectivity index (χ3n) is 4.12. The van der Waals surface area contributed by atoms with Crippen molar-refractivity contribution in [1.82, 2.24) is 10.6 Å². The van der Waals surface area contributed by atoms with Gasteiger partial charge in [0.25, 0.3) is 0 Å². The molecule has 1 amide bonds. The summed E-state index contributed by atoms with van der Waals surface area (Å²) in [5, 5.41) is 6.36. The number of rotatable bonds is 8. The maximum absolute atomic E-state index is 11.9. The van der Waals surface area contributed by atoms with Gasteiger partial charge in [-0.1, -0.05) is 19.1 Å². The molecule has 2 N–H and O–H groups in total. The molecule has 0 radical (unpaired) electrons. The average molecular weight is 341 g/mol. The molecule has 0 atom stereocenters. The van der Waals surface area contributed by atoms with Crippen molar-refractivity contribution in [1.29, 1.82) is 0 Å². The van der Waals surface area contributed by atoms with Crippen LogP contribution in [0.25, 0.3) is 0 Å². The summed E-state index contributed by atoms with van der Waals surface area (Å²) in [6, 6.07) is 7.95. The molecule has 0 spiro atoms. The highest BCUT2D eigenvalue weighted by Gasteiger charge is 2.14. The van der Waals surface area contributed by atoms with Crippen molar-refractivity contribution in [3.05, 3.63) is 29.8 Å². The molecule has 1 saturated heterocycles. The summed E-state index contributed by atoms with van der Waals surface area (Å²) >= 11 is 0. The van der Waals surface area contributed by atoms with Gasteiger partial charge in [-0.3, -0.25) is 4.79 Å². The zero-order valence-electron chi connectivity index (χ0n) is 14.0. The van der Waals surface area contributed by atoms with Crippen LogP contribution in [0.15, 0.2) is 24.3 Å². The van der Waals surface area contributed by atoms with Gasteiger partial charge in [0, 0.05) is 13.0 Å². The first kappa shape index (κ1) is 19.8. The number of halogens is 1. The fourth-order valence-corrected chi connectivity index (χ4v) is 2.72. The molecular formula is C18H29ClN2O2. The van der Waals surface area contributed by atoms with Crippen molar-refractivity contribution in [3.63, 3.8) is 0 Å². The average Bonchev–Trinajstić information content (AvgIpc) is 2.58. The van der Waals surface area contributed by atoms with Crippen LogP contribution in [0.1, 0.15) is 44.6 Å². The van der Waals surface area contributed by atoms with Gasteiger partial charge >= 0.3 is 0 Å². The van der Waals surface area contributed by atoms with E-state index in [-0.39, 0.29) is 18.3 Å². The smallest absolute Gasteiger partial charge is 0.220 e. The Kier molecular flexibility index (Phi) is 9.72. The number of benzene rings is 1. The van der Waals surface area contributed by atoms with Crippen molar-refractivity contribution in [2.75, 3.05) is 19.7 Å². The van der Waals surface area contributed by atoms with E-state index in [1.807, 2.05) is 24.3 Å². The fraction of sp³-hybridized carbons (Fsp3) is 0.611. The summed E-state index contributed by atoms with van der Waals surface area (Å²) in [6.07, 6.45) is 5.06. The van der Waals surface area contributed by atoms with Gasteiger partial charge in [0.05, 0.1) is 6.61 Å². The van der Waals surface area contributed by atoms with E-state index in [0.29, 0.717) is 18.9 Å². The van der Waals surface area contributed by atoms with Crippen LogP contribution in [-0.4, -0.2) is 25.6 Å². The van der Waals surface area contributed by atoms with Gasteiger partial charge in [0.15, 0.2) is 0 Å². The summed E-state index contributed by atoms with van der Waals surface area (Å²) < 4.78 is 5.55. The van der Waals surface area contributed by atoms with Crippen LogP contribution in [0, 0.1) is 5.92 Å². The Labute approximate surface area is 145 Å². The molecular weight excluding hydrogens is 312 g/mol. The number of carbonyl (C=O) groups is 1. The van der Waals surface area contributed by atoms with Crippen LogP contribution in [0.4, 0.5) is 0 Å². The third-order valence-corrected chi connectivity index (χ3v) is 4.12. The van der Waals surface area contributed by atoms with E-state index in [1.54, 1.807) is 0 Å². The quantitative estimate of drug-likeness (QED) is 0.763. The maximum atomic E-state index is 11.9. The standard InChI is InChI=1S/C18H28N2O2.ClH/c1-2-13-22-17-6-3-16(4-7-17)14-20-18(21)8-5-15-9-11-19-12-10-15;/h3-4,6-7,15,19H,2,5,8-14H2,1H3,(H,20,21);1H. The first-order valence-corrected chi connectivity index (χ1v) is 8.47. The molecule has 0 aromatic heterocycles. The van der Waals surface area contributed by atoms with Gasteiger partial charge in [-0.25, -0.2) is 0 Å². The Morgan fingerprint density at radius 2 is 1.96 bits per heavy atom. The Morgan fingerprint density at radius 3 is 2.61 bits per heavy atom. The lowest BCUT2D eigenvalue weighted by Crippen LogP contribution is -2.29. The predicted molar refractivity (Wildman–Crippen MR) is 96.2 cm³/mol. The molecule has 0 aliphatic carbocycles. The van der Waals surface area contributed by atoms with Gasteiger partial charge in [-0.15, -0.1) is 12.4 Å². The Morgan fingerprint density at radius 1 is 1.26 bits per heavy atom. The second-order valence-corrected chi connectivity index (χ2v) is 6.00. The Bertz CT molecular complexity index is 445. The van der Waals surface area contributed by atoms with Crippen LogP contribution in [-0.2, 0) is 11.3 Å². The van der Waals surface area contributed by atoms with E-state index in [4.69, 9.17) is 4.74 Å². The number of carbonyl (C=O) groups excluding carboxylic acids is 1. The van der Waals surface area contributed by atoms with E-state index in [2.05, 4.69) is 17.6 Å². The first-order chi connectivity index (χ1) is 10.8. The predicted octanol–water partition coefficient (Wildman–Crippen LogP) is 3.29. The second kappa shape index (κ2) is 11.3. The van der Waals surface area contributed by atoms with E-state index in [0.717, 1.165) is 43.9 Å². The number of amides is 1. The fourth-order valence-electron chi connectivity index (χ4n) is 2.72. The molecule has 130 valence electrons. The van der Waals surface area contributed by atoms with Crippen molar-refractivity contribution in [3.8, 4) is 5.75 Å². The molecule has 1 aromatic rings. The topological polar surface area (TPSA) is 50.4 Å². The first-order valence-electron chi connectivity index (χ1n) is 8.47. The van der Waals surface area contributed by atoms with Crippen LogP contribution in [0.3, 0.4) is 0 Å². The van der Waals surface area contributed by atoms with Crippen LogP contribution >= 0.6 is 12.4 Å². The number of hydrogen-bond donors (Lipinski definition) is 2. The maximum Gasteiger partial charge on any atom is 0.220 e. The zero-order valence-corrected chi connectivity index (χ0v) is 14.8. The summed E-state index contributed by atoms with van der Waals surface area (Å²) in [6.45, 7) is 5.62. The molecule has 2 rings (SSSR count). The molecule has 4 nitrogen and oxygen atoms in total.